The Bertz CT molecular complexity index is 157. The molecule has 0 saturated carbocycles. The highest BCUT2D eigenvalue weighted by Crippen LogP contribution is 1.95. The van der Waals surface area contributed by atoms with Crippen molar-refractivity contribution in [3.8, 4) is 0 Å². The zero-order valence-electron chi connectivity index (χ0n) is 5.74. The van der Waals surface area contributed by atoms with E-state index in [9.17, 15) is 9.59 Å². The van der Waals surface area contributed by atoms with Gasteiger partial charge < -0.3 is 14.6 Å². The SMILES string of the molecule is CC(COC(=O)Cl)OC(=O)O. The van der Waals surface area contributed by atoms with Crippen molar-refractivity contribution in [3.05, 3.63) is 0 Å². The maximum Gasteiger partial charge on any atom is 0.506 e. The van der Waals surface area contributed by atoms with Gasteiger partial charge >= 0.3 is 11.6 Å². The summed E-state index contributed by atoms with van der Waals surface area (Å²) in [5.41, 5.74) is -0.981. The van der Waals surface area contributed by atoms with Gasteiger partial charge in [0.25, 0.3) is 0 Å². The van der Waals surface area contributed by atoms with E-state index in [1.807, 2.05) is 0 Å². The molecule has 5 nitrogen and oxygen atoms in total. The minimum absolute atomic E-state index is 0.172. The van der Waals surface area contributed by atoms with E-state index >= 15 is 0 Å². The third kappa shape index (κ3) is 6.92. The summed E-state index contributed by atoms with van der Waals surface area (Å²) in [6.07, 6.45) is -2.11. The van der Waals surface area contributed by atoms with E-state index in [1.165, 1.54) is 6.92 Å². The third-order valence-corrected chi connectivity index (χ3v) is 0.843. The lowest BCUT2D eigenvalue weighted by Gasteiger charge is -2.08. The van der Waals surface area contributed by atoms with Gasteiger partial charge in [0.1, 0.15) is 12.7 Å². The van der Waals surface area contributed by atoms with Crippen LogP contribution < -0.4 is 0 Å². The lowest BCUT2D eigenvalue weighted by Crippen LogP contribution is -2.19. The zero-order chi connectivity index (χ0) is 8.85. The summed E-state index contributed by atoms with van der Waals surface area (Å²) in [6, 6.07) is 0. The van der Waals surface area contributed by atoms with Crippen LogP contribution in [-0.2, 0) is 9.47 Å². The van der Waals surface area contributed by atoms with E-state index < -0.39 is 17.7 Å². The Hall–Kier alpha value is -0.970. The molecular formula is C5H7ClO5. The van der Waals surface area contributed by atoms with Crippen molar-refractivity contribution in [2.24, 2.45) is 0 Å². The maximum absolute atomic E-state index is 9.97. The molecule has 0 rings (SSSR count). The second-order valence-corrected chi connectivity index (χ2v) is 2.05. The first-order valence-electron chi connectivity index (χ1n) is 2.74. The molecule has 0 spiro atoms. The first kappa shape index (κ1) is 10.0. The molecule has 6 heteroatoms. The summed E-state index contributed by atoms with van der Waals surface area (Å²) in [5.74, 6) is 0. The van der Waals surface area contributed by atoms with Crippen LogP contribution in [-0.4, -0.2) is 29.4 Å². The normalized spacial score (nSPS) is 11.8. The van der Waals surface area contributed by atoms with E-state index in [4.69, 9.17) is 16.7 Å². The molecule has 0 saturated heterocycles. The van der Waals surface area contributed by atoms with E-state index in [2.05, 4.69) is 9.47 Å². The monoisotopic (exact) mass is 182 g/mol. The smallest absolute Gasteiger partial charge is 0.450 e. The van der Waals surface area contributed by atoms with Crippen LogP contribution in [0.15, 0.2) is 0 Å². The lowest BCUT2D eigenvalue weighted by molar-refractivity contribution is 0.0295. The van der Waals surface area contributed by atoms with Crippen molar-refractivity contribution in [3.63, 3.8) is 0 Å². The number of carbonyl (C=O) groups is 2. The van der Waals surface area contributed by atoms with Crippen molar-refractivity contribution < 1.29 is 24.2 Å². The predicted octanol–water partition coefficient (Wildman–Crippen LogP) is 1.44. The number of hydrogen-bond acceptors (Lipinski definition) is 4. The summed E-state index contributed by atoms with van der Waals surface area (Å²) < 4.78 is 8.42. The molecular weight excluding hydrogens is 176 g/mol. The van der Waals surface area contributed by atoms with Crippen LogP contribution in [0.5, 0.6) is 0 Å². The van der Waals surface area contributed by atoms with Gasteiger partial charge in [0.05, 0.1) is 0 Å². The van der Waals surface area contributed by atoms with Gasteiger partial charge in [-0.25, -0.2) is 9.59 Å². The molecule has 0 amide bonds. The van der Waals surface area contributed by atoms with E-state index in [1.54, 1.807) is 0 Å². The molecule has 0 aliphatic rings. The molecule has 0 fully saturated rings. The van der Waals surface area contributed by atoms with E-state index in [-0.39, 0.29) is 6.61 Å². The van der Waals surface area contributed by atoms with Gasteiger partial charge in [-0.15, -0.1) is 0 Å². The van der Waals surface area contributed by atoms with Gasteiger partial charge in [0.2, 0.25) is 0 Å². The minimum Gasteiger partial charge on any atom is -0.450 e. The Balaban J connectivity index is 3.44. The van der Waals surface area contributed by atoms with Gasteiger partial charge in [0.15, 0.2) is 0 Å². The zero-order valence-corrected chi connectivity index (χ0v) is 6.50. The van der Waals surface area contributed by atoms with Crippen LogP contribution >= 0.6 is 11.6 Å². The van der Waals surface area contributed by atoms with Crippen LogP contribution in [0.1, 0.15) is 6.92 Å². The molecule has 0 aromatic carbocycles. The molecule has 11 heavy (non-hydrogen) atoms. The predicted molar refractivity (Wildman–Crippen MR) is 35.8 cm³/mol. The number of ether oxygens (including phenoxy) is 2. The number of carbonyl (C=O) groups excluding carboxylic acids is 1. The summed E-state index contributed by atoms with van der Waals surface area (Å²) in [5, 5.41) is 8.05. The second kappa shape index (κ2) is 4.79. The summed E-state index contributed by atoms with van der Waals surface area (Å²) in [4.78, 5) is 19.8. The van der Waals surface area contributed by atoms with Crippen molar-refractivity contribution in [1.29, 1.82) is 0 Å². The topological polar surface area (TPSA) is 72.8 Å². The molecule has 0 aliphatic heterocycles. The van der Waals surface area contributed by atoms with Crippen molar-refractivity contribution in [2.45, 2.75) is 13.0 Å². The number of hydrogen-bond donors (Lipinski definition) is 1. The Morgan fingerprint density at radius 1 is 1.64 bits per heavy atom. The van der Waals surface area contributed by atoms with Crippen molar-refractivity contribution >= 4 is 23.2 Å². The Kier molecular flexibility index (Phi) is 4.36. The minimum atomic E-state index is -1.41. The van der Waals surface area contributed by atoms with Gasteiger partial charge in [-0.2, -0.15) is 0 Å². The molecule has 0 bridgehead atoms. The Morgan fingerprint density at radius 3 is 2.55 bits per heavy atom. The van der Waals surface area contributed by atoms with Crippen LogP contribution in [0, 0.1) is 0 Å². The number of halogens is 1. The Labute approximate surface area is 67.8 Å². The fourth-order valence-electron chi connectivity index (χ4n) is 0.389. The summed E-state index contributed by atoms with van der Waals surface area (Å²) in [7, 11) is 0. The maximum atomic E-state index is 9.97. The fraction of sp³-hybridized carbons (Fsp3) is 0.600. The third-order valence-electron chi connectivity index (χ3n) is 0.734. The van der Waals surface area contributed by atoms with Gasteiger partial charge in [-0.3, -0.25) is 0 Å². The second-order valence-electron chi connectivity index (χ2n) is 1.74. The van der Waals surface area contributed by atoms with Gasteiger partial charge in [0, 0.05) is 11.6 Å². The molecule has 64 valence electrons. The quantitative estimate of drug-likeness (QED) is 0.528. The molecule has 0 radical (unpaired) electrons. The van der Waals surface area contributed by atoms with Gasteiger partial charge in [-0.05, 0) is 6.92 Å². The fourth-order valence-corrected chi connectivity index (χ4v) is 0.452. The van der Waals surface area contributed by atoms with E-state index in [0.29, 0.717) is 0 Å². The molecule has 1 unspecified atom stereocenters. The van der Waals surface area contributed by atoms with Crippen LogP contribution in [0.25, 0.3) is 0 Å². The molecule has 0 aromatic heterocycles. The number of rotatable bonds is 3. The molecule has 0 aromatic rings. The highest BCUT2D eigenvalue weighted by atomic mass is 35.5. The molecule has 1 atom stereocenters. The summed E-state index contributed by atoms with van der Waals surface area (Å²) in [6.45, 7) is 1.27. The van der Waals surface area contributed by atoms with Crippen molar-refractivity contribution in [1.82, 2.24) is 0 Å². The average molecular weight is 183 g/mol. The number of carboxylic acid groups (broad SMARTS) is 1. The van der Waals surface area contributed by atoms with Crippen LogP contribution in [0.4, 0.5) is 9.59 Å². The largest absolute Gasteiger partial charge is 0.506 e. The highest BCUT2D eigenvalue weighted by molar-refractivity contribution is 6.61. The first-order chi connectivity index (χ1) is 5.02. The first-order valence-corrected chi connectivity index (χ1v) is 3.12. The standard InChI is InChI=1S/C5H7ClO5/c1-3(11-5(8)9)2-10-4(6)7/h3H,2H2,1H3,(H,8,9). The van der Waals surface area contributed by atoms with Crippen LogP contribution in [0.2, 0.25) is 0 Å². The molecule has 0 heterocycles. The average Bonchev–Trinajstić information content (AvgIpc) is 1.82. The van der Waals surface area contributed by atoms with Crippen molar-refractivity contribution in [2.75, 3.05) is 6.61 Å². The molecule has 1 N–H and O–H groups in total. The van der Waals surface area contributed by atoms with E-state index in [0.717, 1.165) is 0 Å². The lowest BCUT2D eigenvalue weighted by atomic mass is 10.4. The highest BCUT2D eigenvalue weighted by Gasteiger charge is 2.08. The van der Waals surface area contributed by atoms with Crippen LogP contribution in [0.3, 0.4) is 0 Å². The Morgan fingerprint density at radius 2 is 2.18 bits per heavy atom. The van der Waals surface area contributed by atoms with Gasteiger partial charge in [-0.1, -0.05) is 0 Å². The molecule has 0 aliphatic carbocycles. The summed E-state index contributed by atoms with van der Waals surface area (Å²) >= 11 is 4.79.